The minimum Gasteiger partial charge on any atom is -0.431 e. The number of hydrogen-bond donors (Lipinski definition) is 1. The van der Waals surface area contributed by atoms with E-state index in [9.17, 15) is 4.79 Å². The van der Waals surface area contributed by atoms with E-state index in [1.165, 1.54) is 34.1 Å². The van der Waals surface area contributed by atoms with Gasteiger partial charge >= 0.3 is 0 Å². The summed E-state index contributed by atoms with van der Waals surface area (Å²) in [6, 6.07) is 9.07. The van der Waals surface area contributed by atoms with Crippen LogP contribution in [0.5, 0.6) is 0 Å². The van der Waals surface area contributed by atoms with Crippen LogP contribution in [0, 0.1) is 0 Å². The van der Waals surface area contributed by atoms with Crippen LogP contribution in [-0.2, 0) is 5.75 Å². The SMILES string of the molecule is CSc1nc2nc(CSc3nc4ccccc4o3)cc(=O)n2[nH]1. The van der Waals surface area contributed by atoms with E-state index in [-0.39, 0.29) is 5.56 Å². The van der Waals surface area contributed by atoms with Gasteiger partial charge in [0.1, 0.15) is 5.52 Å². The highest BCUT2D eigenvalue weighted by atomic mass is 32.2. The molecule has 0 bridgehead atoms. The van der Waals surface area contributed by atoms with E-state index < -0.39 is 0 Å². The fourth-order valence-electron chi connectivity index (χ4n) is 2.12. The summed E-state index contributed by atoms with van der Waals surface area (Å²) in [6.07, 6.45) is 1.88. The second-order valence-corrected chi connectivity index (χ2v) is 6.41. The monoisotopic (exact) mass is 345 g/mol. The van der Waals surface area contributed by atoms with Crippen LogP contribution in [0.2, 0.25) is 0 Å². The number of H-pyrrole nitrogens is 1. The van der Waals surface area contributed by atoms with Crippen molar-refractivity contribution in [2.75, 3.05) is 6.26 Å². The van der Waals surface area contributed by atoms with Crippen LogP contribution in [0.3, 0.4) is 0 Å². The third-order valence-corrected chi connectivity index (χ3v) is 4.61. The van der Waals surface area contributed by atoms with Gasteiger partial charge in [-0.15, -0.1) is 0 Å². The second kappa shape index (κ2) is 5.74. The standard InChI is InChI=1S/C14H11N5O2S2/c1-22-13-17-12-15-8(6-11(20)19(12)18-13)7-23-14-16-9-4-2-3-5-10(9)21-14/h2-6H,7H2,1H3,(H,15,17,18). The molecule has 0 radical (unpaired) electrons. The van der Waals surface area contributed by atoms with Crippen LogP contribution in [-0.4, -0.2) is 30.8 Å². The van der Waals surface area contributed by atoms with Crippen LogP contribution in [0.15, 0.2) is 49.9 Å². The number of fused-ring (bicyclic) bond motifs is 2. The molecule has 0 amide bonds. The summed E-state index contributed by atoms with van der Waals surface area (Å²) in [7, 11) is 0. The zero-order valence-corrected chi connectivity index (χ0v) is 13.6. The largest absolute Gasteiger partial charge is 0.431 e. The molecule has 23 heavy (non-hydrogen) atoms. The molecular weight excluding hydrogens is 334 g/mol. The maximum atomic E-state index is 12.1. The van der Waals surface area contributed by atoms with E-state index in [2.05, 4.69) is 20.1 Å². The highest BCUT2D eigenvalue weighted by molar-refractivity contribution is 7.98. The molecule has 0 atom stereocenters. The first kappa shape index (κ1) is 14.3. The number of benzene rings is 1. The molecule has 0 fully saturated rings. The van der Waals surface area contributed by atoms with Crippen molar-refractivity contribution in [2.24, 2.45) is 0 Å². The van der Waals surface area contributed by atoms with Gasteiger partial charge in [-0.05, 0) is 18.4 Å². The maximum Gasteiger partial charge on any atom is 0.274 e. The predicted octanol–water partition coefficient (Wildman–Crippen LogP) is 2.57. The molecule has 0 saturated heterocycles. The number of oxazole rings is 1. The molecule has 0 unspecified atom stereocenters. The van der Waals surface area contributed by atoms with Crippen LogP contribution in [0.1, 0.15) is 5.69 Å². The van der Waals surface area contributed by atoms with Gasteiger partial charge < -0.3 is 4.42 Å². The number of nitrogens with one attached hydrogen (secondary N) is 1. The molecule has 4 aromatic rings. The number of nitrogens with zero attached hydrogens (tertiary/aromatic N) is 4. The molecule has 116 valence electrons. The summed E-state index contributed by atoms with van der Waals surface area (Å²) in [5.74, 6) is 0.857. The summed E-state index contributed by atoms with van der Waals surface area (Å²) in [5, 5.41) is 4.09. The Morgan fingerprint density at radius 1 is 1.26 bits per heavy atom. The van der Waals surface area contributed by atoms with Gasteiger partial charge in [0.2, 0.25) is 0 Å². The zero-order valence-electron chi connectivity index (χ0n) is 12.0. The van der Waals surface area contributed by atoms with Gasteiger partial charge in [-0.2, -0.15) is 9.50 Å². The first-order valence-corrected chi connectivity index (χ1v) is 8.95. The van der Waals surface area contributed by atoms with Crippen molar-refractivity contribution in [3.8, 4) is 0 Å². The smallest absolute Gasteiger partial charge is 0.274 e. The van der Waals surface area contributed by atoms with Crippen molar-refractivity contribution in [3.63, 3.8) is 0 Å². The summed E-state index contributed by atoms with van der Waals surface area (Å²) in [5.41, 5.74) is 2.02. The minimum atomic E-state index is -0.184. The molecule has 7 nitrogen and oxygen atoms in total. The molecule has 3 aromatic heterocycles. The van der Waals surface area contributed by atoms with Crippen LogP contribution >= 0.6 is 23.5 Å². The van der Waals surface area contributed by atoms with E-state index in [1.54, 1.807) is 0 Å². The van der Waals surface area contributed by atoms with Crippen LogP contribution in [0.4, 0.5) is 0 Å². The van der Waals surface area contributed by atoms with Gasteiger partial charge in [-0.25, -0.2) is 9.97 Å². The van der Waals surface area contributed by atoms with Crippen molar-refractivity contribution < 1.29 is 4.42 Å². The average molecular weight is 345 g/mol. The summed E-state index contributed by atoms with van der Waals surface area (Å²) in [6.45, 7) is 0. The molecule has 0 spiro atoms. The topological polar surface area (TPSA) is 89.1 Å². The Morgan fingerprint density at radius 2 is 2.13 bits per heavy atom. The van der Waals surface area contributed by atoms with Crippen molar-refractivity contribution in [2.45, 2.75) is 16.1 Å². The van der Waals surface area contributed by atoms with E-state index in [0.29, 0.717) is 27.6 Å². The van der Waals surface area contributed by atoms with Gasteiger partial charge in [-0.1, -0.05) is 35.7 Å². The lowest BCUT2D eigenvalue weighted by Crippen LogP contribution is -2.15. The highest BCUT2D eigenvalue weighted by Gasteiger charge is 2.10. The van der Waals surface area contributed by atoms with Gasteiger partial charge in [-0.3, -0.25) is 9.89 Å². The Hall–Kier alpha value is -2.26. The van der Waals surface area contributed by atoms with Gasteiger partial charge in [0.25, 0.3) is 16.6 Å². The first-order valence-electron chi connectivity index (χ1n) is 6.74. The lowest BCUT2D eigenvalue weighted by Gasteiger charge is -1.97. The Kier molecular flexibility index (Phi) is 3.58. The van der Waals surface area contributed by atoms with Crippen LogP contribution < -0.4 is 5.56 Å². The quantitative estimate of drug-likeness (QED) is 0.569. The first-order chi connectivity index (χ1) is 11.2. The molecule has 9 heteroatoms. The van der Waals surface area contributed by atoms with E-state index >= 15 is 0 Å². The number of thioether (sulfide) groups is 2. The highest BCUT2D eigenvalue weighted by Crippen LogP contribution is 2.25. The summed E-state index contributed by atoms with van der Waals surface area (Å²) < 4.78 is 6.98. The fourth-order valence-corrected chi connectivity index (χ4v) is 3.21. The van der Waals surface area contributed by atoms with Crippen molar-refractivity contribution in [1.82, 2.24) is 24.6 Å². The molecular formula is C14H11N5O2S2. The summed E-state index contributed by atoms with van der Waals surface area (Å²) in [4.78, 5) is 25.1. The number of aromatic nitrogens is 5. The lowest BCUT2D eigenvalue weighted by molar-refractivity contribution is 0.489. The van der Waals surface area contributed by atoms with Crippen LogP contribution in [0.25, 0.3) is 16.9 Å². The van der Waals surface area contributed by atoms with E-state index in [4.69, 9.17) is 4.42 Å². The van der Waals surface area contributed by atoms with Gasteiger partial charge in [0, 0.05) is 11.8 Å². The maximum absolute atomic E-state index is 12.1. The molecule has 0 aliphatic carbocycles. The Balaban J connectivity index is 1.60. The van der Waals surface area contributed by atoms with Crippen molar-refractivity contribution in [1.29, 1.82) is 0 Å². The molecule has 1 aromatic carbocycles. The number of aromatic amines is 1. The lowest BCUT2D eigenvalue weighted by atomic mass is 10.3. The molecule has 0 saturated carbocycles. The Labute approximate surface area is 138 Å². The molecule has 3 heterocycles. The Bertz CT molecular complexity index is 1020. The van der Waals surface area contributed by atoms with E-state index in [0.717, 1.165) is 11.1 Å². The fraction of sp³-hybridized carbons (Fsp3) is 0.143. The number of para-hydroxylation sites is 2. The molecule has 0 aliphatic heterocycles. The third kappa shape index (κ3) is 2.73. The van der Waals surface area contributed by atoms with Gasteiger partial charge in [0.15, 0.2) is 10.7 Å². The molecule has 1 N–H and O–H groups in total. The average Bonchev–Trinajstić information content (AvgIpc) is 3.16. The normalized spacial score (nSPS) is 11.5. The minimum absolute atomic E-state index is 0.184. The number of rotatable bonds is 4. The van der Waals surface area contributed by atoms with Crippen molar-refractivity contribution >= 4 is 40.4 Å². The zero-order chi connectivity index (χ0) is 15.8. The summed E-state index contributed by atoms with van der Waals surface area (Å²) >= 11 is 2.82. The molecule has 4 rings (SSSR count). The third-order valence-electron chi connectivity index (χ3n) is 3.17. The Morgan fingerprint density at radius 3 is 2.96 bits per heavy atom. The van der Waals surface area contributed by atoms with Gasteiger partial charge in [0.05, 0.1) is 5.69 Å². The number of hydrogen-bond acceptors (Lipinski definition) is 7. The molecule has 0 aliphatic rings. The van der Waals surface area contributed by atoms with E-state index in [1.807, 2.05) is 30.5 Å². The van der Waals surface area contributed by atoms with Crippen molar-refractivity contribution in [3.05, 3.63) is 46.4 Å². The predicted molar refractivity (Wildman–Crippen MR) is 89.0 cm³/mol. The second-order valence-electron chi connectivity index (χ2n) is 4.69.